The number of hydrogen-bond donors (Lipinski definition) is 1. The summed E-state index contributed by atoms with van der Waals surface area (Å²) >= 11 is 0. The van der Waals surface area contributed by atoms with Gasteiger partial charge in [0.2, 0.25) is 0 Å². The van der Waals surface area contributed by atoms with Gasteiger partial charge in [-0.25, -0.2) is 4.39 Å². The average Bonchev–Trinajstić information content (AvgIpc) is 3.39. The number of piperidine rings is 1. The molecule has 2 fully saturated rings. The molecule has 5 rings (SSSR count). The normalized spacial score (nSPS) is 21.8. The number of aromatic amines is 1. The second-order valence-corrected chi connectivity index (χ2v) is 9.02. The average molecular weight is 422 g/mol. The molecule has 1 amide bonds. The van der Waals surface area contributed by atoms with E-state index < -0.39 is 0 Å². The van der Waals surface area contributed by atoms with E-state index in [0.29, 0.717) is 23.6 Å². The molecular weight excluding hydrogens is 393 g/mol. The zero-order valence-electron chi connectivity index (χ0n) is 17.9. The fourth-order valence-electron chi connectivity index (χ4n) is 5.29. The van der Waals surface area contributed by atoms with Gasteiger partial charge in [0.1, 0.15) is 17.3 Å². The van der Waals surface area contributed by atoms with Crippen molar-refractivity contribution in [3.63, 3.8) is 0 Å². The number of fused-ring (bicyclic) bond motifs is 1. The Morgan fingerprint density at radius 1 is 1.13 bits per heavy atom. The van der Waals surface area contributed by atoms with Crippen LogP contribution in [0, 0.1) is 11.2 Å². The van der Waals surface area contributed by atoms with E-state index in [1.54, 1.807) is 19.2 Å². The van der Waals surface area contributed by atoms with Crippen molar-refractivity contribution in [1.82, 2.24) is 14.8 Å². The molecular formula is C25H28FN3O2. The standard InChI is InChI=1S/C25H28FN3O2/c1-31-20-7-8-21(26)19(13-20)15-28-11-4-9-25(16-28)10-12-29(17-25)24(30)23-14-18-5-2-3-6-22(18)27-23/h2-3,5-8,13-14,27H,4,9-12,15-17H2,1H3/t25-/m1/s1. The number of H-pyrrole nitrogens is 1. The summed E-state index contributed by atoms with van der Waals surface area (Å²) in [6, 6.07) is 14.8. The van der Waals surface area contributed by atoms with Crippen LogP contribution in [0.3, 0.4) is 0 Å². The van der Waals surface area contributed by atoms with Crippen molar-refractivity contribution in [1.29, 1.82) is 0 Å². The van der Waals surface area contributed by atoms with Crippen LogP contribution >= 0.6 is 0 Å². The Labute approximate surface area is 181 Å². The first-order chi connectivity index (χ1) is 15.0. The second-order valence-electron chi connectivity index (χ2n) is 9.02. The number of benzene rings is 2. The molecule has 6 heteroatoms. The minimum Gasteiger partial charge on any atom is -0.497 e. The van der Waals surface area contributed by atoms with Gasteiger partial charge in [-0.1, -0.05) is 18.2 Å². The molecule has 5 nitrogen and oxygen atoms in total. The number of amides is 1. The summed E-state index contributed by atoms with van der Waals surface area (Å²) < 4.78 is 19.6. The van der Waals surface area contributed by atoms with E-state index in [1.807, 2.05) is 35.2 Å². The predicted octanol–water partition coefficient (Wildman–Crippen LogP) is 4.44. The minimum atomic E-state index is -0.192. The highest BCUT2D eigenvalue weighted by Crippen LogP contribution is 2.40. The molecule has 1 atom stereocenters. The van der Waals surface area contributed by atoms with Crippen molar-refractivity contribution in [2.24, 2.45) is 5.41 Å². The molecule has 0 unspecified atom stereocenters. The molecule has 2 aromatic carbocycles. The zero-order valence-corrected chi connectivity index (χ0v) is 17.9. The first-order valence-corrected chi connectivity index (χ1v) is 11.0. The van der Waals surface area contributed by atoms with Crippen LogP contribution in [-0.4, -0.2) is 54.0 Å². The molecule has 1 aromatic heterocycles. The number of halogens is 1. The summed E-state index contributed by atoms with van der Waals surface area (Å²) in [5.74, 6) is 0.561. The fraction of sp³-hybridized carbons (Fsp3) is 0.400. The maximum atomic E-state index is 14.3. The first-order valence-electron chi connectivity index (χ1n) is 11.0. The molecule has 2 aliphatic heterocycles. The minimum absolute atomic E-state index is 0.0732. The van der Waals surface area contributed by atoms with E-state index in [4.69, 9.17) is 4.74 Å². The Morgan fingerprint density at radius 2 is 2.00 bits per heavy atom. The number of ether oxygens (including phenoxy) is 1. The van der Waals surface area contributed by atoms with Crippen molar-refractivity contribution in [2.45, 2.75) is 25.8 Å². The fourth-order valence-corrected chi connectivity index (χ4v) is 5.29. The third-order valence-corrected chi connectivity index (χ3v) is 6.87. The van der Waals surface area contributed by atoms with Gasteiger partial charge in [-0.15, -0.1) is 0 Å². The van der Waals surface area contributed by atoms with Crippen LogP contribution in [0.25, 0.3) is 10.9 Å². The summed E-state index contributed by atoms with van der Waals surface area (Å²) in [5, 5.41) is 1.06. The molecule has 1 spiro atoms. The van der Waals surface area contributed by atoms with Crippen LogP contribution in [0.15, 0.2) is 48.5 Å². The number of methoxy groups -OCH3 is 1. The van der Waals surface area contributed by atoms with Crippen LogP contribution < -0.4 is 4.74 Å². The molecule has 1 N–H and O–H groups in total. The Kier molecular flexibility index (Phi) is 5.18. The SMILES string of the molecule is COc1ccc(F)c(CN2CCC[C@@]3(CCN(C(=O)c4cc5ccccc5[nH]4)C3)C2)c1. The summed E-state index contributed by atoms with van der Waals surface area (Å²) in [5.41, 5.74) is 2.41. The third kappa shape index (κ3) is 3.92. The molecule has 3 heterocycles. The molecule has 0 saturated carbocycles. The van der Waals surface area contributed by atoms with Crippen LogP contribution in [-0.2, 0) is 6.54 Å². The first kappa shape index (κ1) is 20.1. The van der Waals surface area contributed by atoms with E-state index in [1.165, 1.54) is 6.07 Å². The van der Waals surface area contributed by atoms with E-state index in [2.05, 4.69) is 9.88 Å². The largest absolute Gasteiger partial charge is 0.497 e. The lowest BCUT2D eigenvalue weighted by Gasteiger charge is -2.40. The van der Waals surface area contributed by atoms with Gasteiger partial charge >= 0.3 is 0 Å². The number of nitrogens with zero attached hydrogens (tertiary/aromatic N) is 2. The van der Waals surface area contributed by atoms with Crippen LogP contribution in [0.5, 0.6) is 5.75 Å². The van der Waals surface area contributed by atoms with E-state index in [0.717, 1.165) is 56.3 Å². The summed E-state index contributed by atoms with van der Waals surface area (Å²) in [6.45, 7) is 3.95. The van der Waals surface area contributed by atoms with Crippen molar-refractivity contribution < 1.29 is 13.9 Å². The Bertz CT molecular complexity index is 1080. The smallest absolute Gasteiger partial charge is 0.270 e. The van der Waals surface area contributed by atoms with E-state index in [9.17, 15) is 9.18 Å². The van der Waals surface area contributed by atoms with E-state index >= 15 is 0 Å². The maximum Gasteiger partial charge on any atom is 0.270 e. The van der Waals surface area contributed by atoms with Gasteiger partial charge in [0.15, 0.2) is 0 Å². The second kappa shape index (κ2) is 8.00. The summed E-state index contributed by atoms with van der Waals surface area (Å²) in [4.78, 5) is 20.7. The molecule has 2 aliphatic rings. The van der Waals surface area contributed by atoms with Crippen molar-refractivity contribution >= 4 is 16.8 Å². The Morgan fingerprint density at radius 3 is 2.84 bits per heavy atom. The van der Waals surface area contributed by atoms with Gasteiger partial charge < -0.3 is 14.6 Å². The number of hydrogen-bond acceptors (Lipinski definition) is 3. The number of rotatable bonds is 4. The van der Waals surface area contributed by atoms with Gasteiger partial charge in [-0.2, -0.15) is 0 Å². The molecule has 0 radical (unpaired) electrons. The third-order valence-electron chi connectivity index (χ3n) is 6.87. The number of likely N-dealkylation sites (tertiary alicyclic amines) is 2. The van der Waals surface area contributed by atoms with Crippen LogP contribution in [0.1, 0.15) is 35.3 Å². The summed E-state index contributed by atoms with van der Waals surface area (Å²) in [6.07, 6.45) is 3.18. The Hall–Kier alpha value is -2.86. The number of aromatic nitrogens is 1. The molecule has 31 heavy (non-hydrogen) atoms. The maximum absolute atomic E-state index is 14.3. The lowest BCUT2D eigenvalue weighted by atomic mass is 9.79. The number of carbonyl (C=O) groups is 1. The predicted molar refractivity (Wildman–Crippen MR) is 119 cm³/mol. The topological polar surface area (TPSA) is 48.6 Å². The quantitative estimate of drug-likeness (QED) is 0.677. The van der Waals surface area contributed by atoms with Gasteiger partial charge in [-0.05, 0) is 56.1 Å². The Balaban J connectivity index is 1.28. The van der Waals surface area contributed by atoms with Crippen LogP contribution in [0.4, 0.5) is 4.39 Å². The number of para-hydroxylation sites is 1. The highest BCUT2D eigenvalue weighted by Gasteiger charge is 2.43. The summed E-state index contributed by atoms with van der Waals surface area (Å²) in [7, 11) is 1.60. The van der Waals surface area contributed by atoms with Crippen molar-refractivity contribution in [2.75, 3.05) is 33.3 Å². The van der Waals surface area contributed by atoms with Crippen molar-refractivity contribution in [3.05, 3.63) is 65.6 Å². The van der Waals surface area contributed by atoms with E-state index in [-0.39, 0.29) is 17.1 Å². The van der Waals surface area contributed by atoms with Crippen molar-refractivity contribution in [3.8, 4) is 5.75 Å². The zero-order chi connectivity index (χ0) is 21.4. The monoisotopic (exact) mass is 421 g/mol. The molecule has 0 aliphatic carbocycles. The lowest BCUT2D eigenvalue weighted by Crippen LogP contribution is -2.45. The lowest BCUT2D eigenvalue weighted by molar-refractivity contribution is 0.0669. The molecule has 3 aromatic rings. The number of nitrogens with one attached hydrogen (secondary N) is 1. The molecule has 0 bridgehead atoms. The van der Waals surface area contributed by atoms with Crippen LogP contribution in [0.2, 0.25) is 0 Å². The van der Waals surface area contributed by atoms with Gasteiger partial charge in [0.05, 0.1) is 7.11 Å². The van der Waals surface area contributed by atoms with Gasteiger partial charge in [0, 0.05) is 48.1 Å². The molecule has 2 saturated heterocycles. The number of carbonyl (C=O) groups excluding carboxylic acids is 1. The van der Waals surface area contributed by atoms with Gasteiger partial charge in [0.25, 0.3) is 5.91 Å². The van der Waals surface area contributed by atoms with Gasteiger partial charge in [-0.3, -0.25) is 9.69 Å². The highest BCUT2D eigenvalue weighted by atomic mass is 19.1. The highest BCUT2D eigenvalue weighted by molar-refractivity contribution is 5.98. The molecule has 162 valence electrons.